The lowest BCUT2D eigenvalue weighted by Gasteiger charge is -2.31. The van der Waals surface area contributed by atoms with Gasteiger partial charge in [-0.05, 0) is 6.92 Å². The zero-order valence-electron chi connectivity index (χ0n) is 6.48. The first kappa shape index (κ1) is 9.31. The lowest BCUT2D eigenvalue weighted by Crippen LogP contribution is -2.49. The molecule has 0 saturated carbocycles. The molecule has 3 nitrogen and oxygen atoms in total. The van der Waals surface area contributed by atoms with Crippen molar-refractivity contribution in [2.75, 3.05) is 13.2 Å². The number of ether oxygens (including phenoxy) is 1. The van der Waals surface area contributed by atoms with Gasteiger partial charge in [0, 0.05) is 0 Å². The van der Waals surface area contributed by atoms with Crippen LogP contribution in [0.1, 0.15) is 6.92 Å². The zero-order chi connectivity index (χ0) is 9.41. The molecule has 0 aromatic heterocycles. The zero-order valence-corrected chi connectivity index (χ0v) is 6.48. The number of aliphatic imine (C=N–C) groups is 1. The maximum absolute atomic E-state index is 12.3. The molecule has 1 atom stereocenters. The van der Waals surface area contributed by atoms with Crippen LogP contribution in [-0.2, 0) is 4.74 Å². The minimum absolute atomic E-state index is 0.0222. The first-order chi connectivity index (χ1) is 5.35. The number of hydrogen-bond donors (Lipinski definition) is 1. The lowest BCUT2D eigenvalue weighted by molar-refractivity contribution is -0.195. The van der Waals surface area contributed by atoms with Crippen molar-refractivity contribution in [1.29, 1.82) is 0 Å². The lowest BCUT2D eigenvalue weighted by atomic mass is 10.0. The highest BCUT2D eigenvalue weighted by atomic mass is 19.4. The Morgan fingerprint density at radius 2 is 2.17 bits per heavy atom. The van der Waals surface area contributed by atoms with E-state index in [4.69, 9.17) is 5.73 Å². The molecular weight excluding hydrogens is 173 g/mol. The fourth-order valence-corrected chi connectivity index (χ4v) is 0.881. The van der Waals surface area contributed by atoms with Crippen LogP contribution >= 0.6 is 0 Å². The summed E-state index contributed by atoms with van der Waals surface area (Å²) in [7, 11) is 0. The molecule has 0 radical (unpaired) electrons. The Morgan fingerprint density at radius 3 is 2.50 bits per heavy atom. The molecule has 0 aromatic carbocycles. The third-order valence-electron chi connectivity index (χ3n) is 1.63. The summed E-state index contributed by atoms with van der Waals surface area (Å²) in [5, 5.41) is 0. The second-order valence-electron chi connectivity index (χ2n) is 2.87. The molecule has 70 valence electrons. The summed E-state index contributed by atoms with van der Waals surface area (Å²) < 4.78 is 41.4. The third kappa shape index (κ3) is 1.52. The smallest absolute Gasteiger partial charge is 0.386 e. The number of nitrogens with zero attached hydrogens (tertiary/aromatic N) is 1. The van der Waals surface area contributed by atoms with E-state index in [1.165, 1.54) is 0 Å². The monoisotopic (exact) mass is 182 g/mol. The van der Waals surface area contributed by atoms with E-state index < -0.39 is 18.3 Å². The van der Waals surface area contributed by atoms with Gasteiger partial charge in [-0.25, -0.2) is 0 Å². The number of amidine groups is 1. The number of alkyl halides is 3. The Morgan fingerprint density at radius 1 is 1.58 bits per heavy atom. The molecule has 1 aliphatic heterocycles. The van der Waals surface area contributed by atoms with Crippen molar-refractivity contribution in [2.45, 2.75) is 18.6 Å². The van der Waals surface area contributed by atoms with Crippen LogP contribution in [0.4, 0.5) is 13.2 Å². The topological polar surface area (TPSA) is 47.6 Å². The molecule has 2 N–H and O–H groups in total. The van der Waals surface area contributed by atoms with E-state index in [0.717, 1.165) is 6.92 Å². The van der Waals surface area contributed by atoms with Crippen molar-refractivity contribution in [1.82, 2.24) is 0 Å². The summed E-state index contributed by atoms with van der Waals surface area (Å²) >= 11 is 0. The largest absolute Gasteiger partial charge is 0.415 e. The van der Waals surface area contributed by atoms with Gasteiger partial charge >= 0.3 is 6.18 Å². The summed E-state index contributed by atoms with van der Waals surface area (Å²) in [5.41, 5.74) is 2.96. The first-order valence-corrected chi connectivity index (χ1v) is 3.34. The molecule has 1 rings (SSSR count). The van der Waals surface area contributed by atoms with Crippen LogP contribution in [-0.4, -0.2) is 30.8 Å². The average Bonchev–Trinajstić information content (AvgIpc) is 1.83. The standard InChI is InChI=1S/C6H9F3N2O/c1-5(6(7,8)9)3-12-2-4(10)11-5/h2-3H2,1H3,(H2,10,11). The summed E-state index contributed by atoms with van der Waals surface area (Å²) in [6.07, 6.45) is -4.40. The van der Waals surface area contributed by atoms with Crippen molar-refractivity contribution in [3.05, 3.63) is 0 Å². The van der Waals surface area contributed by atoms with Crippen LogP contribution < -0.4 is 5.73 Å². The Kier molecular flexibility index (Phi) is 2.03. The normalized spacial score (nSPS) is 31.5. The van der Waals surface area contributed by atoms with Crippen LogP contribution in [0.2, 0.25) is 0 Å². The van der Waals surface area contributed by atoms with Gasteiger partial charge in [-0.15, -0.1) is 0 Å². The minimum Gasteiger partial charge on any atom is -0.386 e. The van der Waals surface area contributed by atoms with Gasteiger partial charge < -0.3 is 10.5 Å². The molecule has 0 amide bonds. The number of nitrogens with two attached hydrogens (primary N) is 1. The summed E-state index contributed by atoms with van der Waals surface area (Å²) in [6.45, 7) is 0.474. The van der Waals surface area contributed by atoms with Crippen molar-refractivity contribution in [2.24, 2.45) is 10.7 Å². The van der Waals surface area contributed by atoms with Gasteiger partial charge in [0.2, 0.25) is 0 Å². The van der Waals surface area contributed by atoms with Crippen molar-refractivity contribution < 1.29 is 17.9 Å². The molecule has 0 saturated heterocycles. The Bertz CT molecular complexity index is 213. The van der Waals surface area contributed by atoms with Crippen molar-refractivity contribution in [3.63, 3.8) is 0 Å². The number of rotatable bonds is 0. The first-order valence-electron chi connectivity index (χ1n) is 3.34. The Balaban J connectivity index is 2.91. The maximum atomic E-state index is 12.3. The highest BCUT2D eigenvalue weighted by molar-refractivity contribution is 5.82. The predicted octanol–water partition coefficient (Wildman–Crippen LogP) is 0.695. The van der Waals surface area contributed by atoms with E-state index in [1.54, 1.807) is 0 Å². The fraction of sp³-hybridized carbons (Fsp3) is 0.833. The van der Waals surface area contributed by atoms with Crippen LogP contribution in [0.5, 0.6) is 0 Å². The van der Waals surface area contributed by atoms with Gasteiger partial charge in [0.1, 0.15) is 12.4 Å². The molecule has 0 aliphatic carbocycles. The molecule has 0 aromatic rings. The number of hydrogen-bond acceptors (Lipinski definition) is 3. The van der Waals surface area contributed by atoms with Gasteiger partial charge in [0.15, 0.2) is 5.54 Å². The summed E-state index contributed by atoms with van der Waals surface area (Å²) in [5.74, 6) is -0.110. The van der Waals surface area contributed by atoms with E-state index in [-0.39, 0.29) is 12.4 Å². The second kappa shape index (κ2) is 2.62. The Hall–Kier alpha value is -0.780. The predicted molar refractivity (Wildman–Crippen MR) is 36.9 cm³/mol. The number of halogens is 3. The van der Waals surface area contributed by atoms with E-state index in [0.29, 0.717) is 0 Å². The highest BCUT2D eigenvalue weighted by Gasteiger charge is 2.52. The Labute approximate surface area is 67.4 Å². The van der Waals surface area contributed by atoms with Gasteiger partial charge in [0.25, 0.3) is 0 Å². The van der Waals surface area contributed by atoms with Crippen LogP contribution in [0.3, 0.4) is 0 Å². The third-order valence-corrected chi connectivity index (χ3v) is 1.63. The fourth-order valence-electron chi connectivity index (χ4n) is 0.881. The molecule has 12 heavy (non-hydrogen) atoms. The van der Waals surface area contributed by atoms with Crippen molar-refractivity contribution >= 4 is 5.84 Å². The van der Waals surface area contributed by atoms with Gasteiger partial charge in [-0.3, -0.25) is 4.99 Å². The van der Waals surface area contributed by atoms with E-state index in [2.05, 4.69) is 9.73 Å². The molecule has 0 fully saturated rings. The molecule has 6 heteroatoms. The molecule has 1 unspecified atom stereocenters. The molecular formula is C6H9F3N2O. The highest BCUT2D eigenvalue weighted by Crippen LogP contribution is 2.34. The minimum atomic E-state index is -4.40. The van der Waals surface area contributed by atoms with Crippen LogP contribution in [0, 0.1) is 0 Å². The SMILES string of the molecule is CC1(C(F)(F)F)COCC(N)=N1. The van der Waals surface area contributed by atoms with E-state index >= 15 is 0 Å². The van der Waals surface area contributed by atoms with Gasteiger partial charge in [-0.1, -0.05) is 0 Å². The molecule has 1 heterocycles. The summed E-state index contributed by atoms with van der Waals surface area (Å²) in [4.78, 5) is 3.33. The van der Waals surface area contributed by atoms with Gasteiger partial charge in [0.05, 0.1) is 6.61 Å². The quantitative estimate of drug-likeness (QED) is 0.599. The molecule has 0 spiro atoms. The summed E-state index contributed by atoms with van der Waals surface area (Å²) in [6, 6.07) is 0. The molecule has 1 aliphatic rings. The molecule has 0 bridgehead atoms. The average molecular weight is 182 g/mol. The second-order valence-corrected chi connectivity index (χ2v) is 2.87. The van der Waals surface area contributed by atoms with E-state index in [9.17, 15) is 13.2 Å². The van der Waals surface area contributed by atoms with Crippen LogP contribution in [0.25, 0.3) is 0 Å². The van der Waals surface area contributed by atoms with Crippen molar-refractivity contribution in [3.8, 4) is 0 Å². The van der Waals surface area contributed by atoms with E-state index in [1.807, 2.05) is 0 Å². The maximum Gasteiger partial charge on any atom is 0.415 e. The van der Waals surface area contributed by atoms with Crippen LogP contribution in [0.15, 0.2) is 4.99 Å². The van der Waals surface area contributed by atoms with Gasteiger partial charge in [-0.2, -0.15) is 13.2 Å².